The molecule has 0 saturated carbocycles. The van der Waals surface area contributed by atoms with Gasteiger partial charge < -0.3 is 5.73 Å². The minimum Gasteiger partial charge on any atom is -0.364 e. The van der Waals surface area contributed by atoms with Crippen LogP contribution in [0.2, 0.25) is 0 Å². The zero-order valence-corrected chi connectivity index (χ0v) is 8.21. The van der Waals surface area contributed by atoms with Crippen molar-refractivity contribution in [2.75, 3.05) is 0 Å². The number of carbonyl (C=O) groups is 1. The summed E-state index contributed by atoms with van der Waals surface area (Å²) in [6.07, 6.45) is 0. The van der Waals surface area contributed by atoms with E-state index in [0.717, 1.165) is 5.69 Å². The van der Waals surface area contributed by atoms with Gasteiger partial charge in [0.25, 0.3) is 5.91 Å². The second-order valence-electron chi connectivity index (χ2n) is 3.14. The van der Waals surface area contributed by atoms with Crippen molar-refractivity contribution in [1.29, 1.82) is 0 Å². The number of benzene rings is 1. The lowest BCUT2D eigenvalue weighted by Gasteiger charge is -2.02. The van der Waals surface area contributed by atoms with Crippen LogP contribution in [0.5, 0.6) is 0 Å². The summed E-state index contributed by atoms with van der Waals surface area (Å²) in [5.74, 6) is -0.527. The van der Waals surface area contributed by atoms with Gasteiger partial charge in [-0.05, 0) is 19.1 Å². The van der Waals surface area contributed by atoms with Crippen LogP contribution >= 0.6 is 0 Å². The zero-order chi connectivity index (χ0) is 10.8. The Labute approximate surface area is 86.5 Å². The van der Waals surface area contributed by atoms with Gasteiger partial charge in [-0.2, -0.15) is 0 Å². The van der Waals surface area contributed by atoms with Crippen LogP contribution in [0.1, 0.15) is 16.2 Å². The predicted octanol–water partition coefficient (Wildman–Crippen LogP) is 0.675. The molecule has 0 fully saturated rings. The molecule has 0 unspecified atom stereocenters. The maximum atomic E-state index is 11.2. The third kappa shape index (κ3) is 1.59. The van der Waals surface area contributed by atoms with Gasteiger partial charge in [-0.25, -0.2) is 4.68 Å². The molecular formula is C10H10N4O. The summed E-state index contributed by atoms with van der Waals surface area (Å²) < 4.78 is 1.44. The minimum atomic E-state index is -0.527. The Kier molecular flexibility index (Phi) is 2.21. The molecule has 2 N–H and O–H groups in total. The lowest BCUT2D eigenvalue weighted by Crippen LogP contribution is -2.17. The molecule has 0 spiro atoms. The van der Waals surface area contributed by atoms with Crippen LogP contribution < -0.4 is 5.73 Å². The summed E-state index contributed by atoms with van der Waals surface area (Å²) in [5.41, 5.74) is 6.88. The quantitative estimate of drug-likeness (QED) is 0.778. The van der Waals surface area contributed by atoms with Crippen LogP contribution in [-0.4, -0.2) is 20.9 Å². The standard InChI is InChI=1S/C10H10N4O/c1-7-9(10(11)15)14(13-12-7)8-5-3-2-4-6-8/h2-6H,1H3,(H2,11,15). The second kappa shape index (κ2) is 3.53. The van der Waals surface area contributed by atoms with Crippen molar-refractivity contribution in [2.45, 2.75) is 6.92 Å². The maximum Gasteiger partial charge on any atom is 0.269 e. The molecule has 1 aromatic carbocycles. The number of para-hydroxylation sites is 1. The van der Waals surface area contributed by atoms with Crippen LogP contribution in [0, 0.1) is 6.92 Å². The third-order valence-electron chi connectivity index (χ3n) is 2.07. The molecule has 1 amide bonds. The molecule has 76 valence electrons. The molecule has 0 radical (unpaired) electrons. The van der Waals surface area contributed by atoms with Gasteiger partial charge in [0.05, 0.1) is 11.4 Å². The summed E-state index contributed by atoms with van der Waals surface area (Å²) in [5, 5.41) is 7.70. The molecule has 15 heavy (non-hydrogen) atoms. The fraction of sp³-hybridized carbons (Fsp3) is 0.100. The molecule has 0 saturated heterocycles. The van der Waals surface area contributed by atoms with Crippen molar-refractivity contribution in [3.63, 3.8) is 0 Å². The van der Waals surface area contributed by atoms with Crippen molar-refractivity contribution in [2.24, 2.45) is 5.73 Å². The van der Waals surface area contributed by atoms with Gasteiger partial charge in [-0.1, -0.05) is 23.4 Å². The van der Waals surface area contributed by atoms with E-state index in [1.165, 1.54) is 4.68 Å². The second-order valence-corrected chi connectivity index (χ2v) is 3.14. The number of aromatic nitrogens is 3. The number of rotatable bonds is 2. The third-order valence-corrected chi connectivity index (χ3v) is 2.07. The highest BCUT2D eigenvalue weighted by molar-refractivity contribution is 5.92. The van der Waals surface area contributed by atoms with Crippen molar-refractivity contribution in [1.82, 2.24) is 15.0 Å². The Balaban J connectivity index is 2.59. The number of nitrogens with zero attached hydrogens (tertiary/aromatic N) is 3. The Morgan fingerprint density at radius 3 is 2.60 bits per heavy atom. The van der Waals surface area contributed by atoms with Crippen molar-refractivity contribution < 1.29 is 4.79 Å². The Hall–Kier alpha value is -2.17. The summed E-state index contributed by atoms with van der Waals surface area (Å²) >= 11 is 0. The van der Waals surface area contributed by atoms with Gasteiger partial charge in [0.15, 0.2) is 5.69 Å². The van der Waals surface area contributed by atoms with Crippen LogP contribution in [0.25, 0.3) is 5.69 Å². The first-order chi connectivity index (χ1) is 7.20. The number of hydrogen-bond acceptors (Lipinski definition) is 3. The fourth-order valence-corrected chi connectivity index (χ4v) is 1.39. The highest BCUT2D eigenvalue weighted by Crippen LogP contribution is 2.11. The van der Waals surface area contributed by atoms with Crippen molar-refractivity contribution >= 4 is 5.91 Å². The fourth-order valence-electron chi connectivity index (χ4n) is 1.39. The molecule has 1 aromatic heterocycles. The van der Waals surface area contributed by atoms with E-state index in [1.54, 1.807) is 6.92 Å². The number of amides is 1. The van der Waals surface area contributed by atoms with Crippen molar-refractivity contribution in [3.05, 3.63) is 41.7 Å². The average molecular weight is 202 g/mol. The highest BCUT2D eigenvalue weighted by atomic mass is 16.1. The van der Waals surface area contributed by atoms with Gasteiger partial charge in [0, 0.05) is 0 Å². The van der Waals surface area contributed by atoms with Crippen LogP contribution in [-0.2, 0) is 0 Å². The van der Waals surface area contributed by atoms with E-state index in [-0.39, 0.29) is 0 Å². The van der Waals surface area contributed by atoms with Crippen LogP contribution in [0.4, 0.5) is 0 Å². The smallest absolute Gasteiger partial charge is 0.269 e. The monoisotopic (exact) mass is 202 g/mol. The van der Waals surface area contributed by atoms with E-state index in [9.17, 15) is 4.79 Å². The van der Waals surface area contributed by atoms with E-state index < -0.39 is 5.91 Å². The van der Waals surface area contributed by atoms with Gasteiger partial charge in [-0.15, -0.1) is 5.10 Å². The van der Waals surface area contributed by atoms with Crippen LogP contribution in [0.3, 0.4) is 0 Å². The molecule has 1 heterocycles. The Morgan fingerprint density at radius 2 is 2.00 bits per heavy atom. The summed E-state index contributed by atoms with van der Waals surface area (Å²) in [6.45, 7) is 1.70. The van der Waals surface area contributed by atoms with Gasteiger partial charge in [-0.3, -0.25) is 4.79 Å². The SMILES string of the molecule is Cc1nnn(-c2ccccc2)c1C(N)=O. The topological polar surface area (TPSA) is 73.8 Å². The largest absolute Gasteiger partial charge is 0.364 e. The number of hydrogen-bond donors (Lipinski definition) is 1. The minimum absolute atomic E-state index is 0.321. The number of aryl methyl sites for hydroxylation is 1. The molecule has 0 aliphatic heterocycles. The first-order valence-corrected chi connectivity index (χ1v) is 4.47. The molecule has 2 aromatic rings. The van der Waals surface area contributed by atoms with E-state index in [2.05, 4.69) is 10.3 Å². The average Bonchev–Trinajstić information content (AvgIpc) is 2.61. The zero-order valence-electron chi connectivity index (χ0n) is 8.21. The number of carbonyl (C=O) groups excluding carboxylic acids is 1. The molecule has 5 heteroatoms. The number of nitrogens with two attached hydrogens (primary N) is 1. The Bertz CT molecular complexity index is 489. The lowest BCUT2D eigenvalue weighted by atomic mass is 10.3. The normalized spacial score (nSPS) is 10.2. The Morgan fingerprint density at radius 1 is 1.33 bits per heavy atom. The molecule has 5 nitrogen and oxygen atoms in total. The van der Waals surface area contributed by atoms with E-state index in [1.807, 2.05) is 30.3 Å². The summed E-state index contributed by atoms with van der Waals surface area (Å²) in [7, 11) is 0. The molecule has 0 atom stereocenters. The van der Waals surface area contributed by atoms with E-state index in [0.29, 0.717) is 11.4 Å². The van der Waals surface area contributed by atoms with E-state index >= 15 is 0 Å². The van der Waals surface area contributed by atoms with E-state index in [4.69, 9.17) is 5.73 Å². The van der Waals surface area contributed by atoms with Gasteiger partial charge in [0.2, 0.25) is 0 Å². The maximum absolute atomic E-state index is 11.2. The molecular weight excluding hydrogens is 192 g/mol. The summed E-state index contributed by atoms with van der Waals surface area (Å²) in [6, 6.07) is 9.27. The molecule has 0 aliphatic rings. The van der Waals surface area contributed by atoms with Gasteiger partial charge in [0.1, 0.15) is 0 Å². The predicted molar refractivity (Wildman–Crippen MR) is 54.6 cm³/mol. The van der Waals surface area contributed by atoms with Crippen LogP contribution in [0.15, 0.2) is 30.3 Å². The molecule has 0 bridgehead atoms. The number of primary amides is 1. The highest BCUT2D eigenvalue weighted by Gasteiger charge is 2.15. The summed E-state index contributed by atoms with van der Waals surface area (Å²) in [4.78, 5) is 11.2. The first kappa shape index (κ1) is 9.39. The van der Waals surface area contributed by atoms with Gasteiger partial charge >= 0.3 is 0 Å². The molecule has 2 rings (SSSR count). The first-order valence-electron chi connectivity index (χ1n) is 4.47. The lowest BCUT2D eigenvalue weighted by molar-refractivity contribution is 0.0992. The van der Waals surface area contributed by atoms with Crippen molar-refractivity contribution in [3.8, 4) is 5.69 Å². The molecule has 0 aliphatic carbocycles.